The molecule has 0 aliphatic carbocycles. The third-order valence-electron chi connectivity index (χ3n) is 17.6. The molecular formula is C83H49F3N8. The van der Waals surface area contributed by atoms with Crippen molar-refractivity contribution in [3.8, 4) is 124 Å². The van der Waals surface area contributed by atoms with Crippen LogP contribution < -0.4 is 0 Å². The van der Waals surface area contributed by atoms with E-state index in [0.29, 0.717) is 39.0 Å². The highest BCUT2D eigenvalue weighted by Gasteiger charge is 2.32. The second-order valence-corrected chi connectivity index (χ2v) is 23.1. The summed E-state index contributed by atoms with van der Waals surface area (Å²) in [6.07, 6.45) is 2.30. The van der Waals surface area contributed by atoms with Gasteiger partial charge in [0.2, 0.25) is 0 Å². The number of halogens is 3. The topological polar surface area (TPSA) is 109 Å². The van der Waals surface area contributed by atoms with Crippen LogP contribution in [0.2, 0.25) is 0 Å². The molecular weight excluding hydrogens is 1170 g/mol. The van der Waals surface area contributed by atoms with Gasteiger partial charge in [-0.15, -0.1) is 0 Å². The number of nitriles is 2. The van der Waals surface area contributed by atoms with Gasteiger partial charge in [0.25, 0.3) is 0 Å². The third-order valence-corrected chi connectivity index (χ3v) is 17.6. The highest BCUT2D eigenvalue weighted by Crippen LogP contribution is 2.46. The van der Waals surface area contributed by atoms with E-state index >= 15 is 13.2 Å². The minimum absolute atomic E-state index is 0.124. The molecule has 442 valence electrons. The maximum atomic E-state index is 15.3. The van der Waals surface area contributed by atoms with Gasteiger partial charge in [-0.25, -0.2) is 0 Å². The Hall–Kier alpha value is -12.8. The van der Waals surface area contributed by atoms with Crippen molar-refractivity contribution >= 4 is 43.6 Å². The maximum absolute atomic E-state index is 15.3. The van der Waals surface area contributed by atoms with Crippen LogP contribution in [0.15, 0.2) is 298 Å². The van der Waals surface area contributed by atoms with Crippen molar-refractivity contribution in [2.24, 2.45) is 0 Å². The fraction of sp³-hybridized carbons (Fsp3) is 0.0120. The molecule has 0 aliphatic heterocycles. The van der Waals surface area contributed by atoms with Crippen LogP contribution in [-0.2, 0) is 6.18 Å². The van der Waals surface area contributed by atoms with Crippen molar-refractivity contribution < 1.29 is 13.2 Å². The lowest BCUT2D eigenvalue weighted by Crippen LogP contribution is -2.07. The quantitative estimate of drug-likeness (QED) is 0.128. The van der Waals surface area contributed by atoms with E-state index in [1.165, 1.54) is 6.07 Å². The summed E-state index contributed by atoms with van der Waals surface area (Å²) in [5.41, 5.74) is 16.7. The van der Waals surface area contributed by atoms with Crippen molar-refractivity contribution in [3.63, 3.8) is 0 Å². The fourth-order valence-corrected chi connectivity index (χ4v) is 13.4. The summed E-state index contributed by atoms with van der Waals surface area (Å²) < 4.78 is 50.1. The van der Waals surface area contributed by atoms with Gasteiger partial charge in [-0.1, -0.05) is 194 Å². The second-order valence-electron chi connectivity index (χ2n) is 23.1. The SMILES string of the molecule is N#Cc1cc(-c2cc(-n3c4cc(-c5cccnc5-c5ccccc5)ccc4c4ccc(-c5cccnc5-c5ccccc5)cc43)c(C#N)c(-n3c4cc(-c5cccnc5-c5ccccc5)ccc4c4ccc(-c5cccnc5-c5ccccc5)cc43)c2)cc(C(F)(F)F)c1. The van der Waals surface area contributed by atoms with Crippen LogP contribution in [0.5, 0.6) is 0 Å². The van der Waals surface area contributed by atoms with E-state index in [2.05, 4.69) is 88.0 Å². The number of benzene rings is 10. The van der Waals surface area contributed by atoms with Gasteiger partial charge in [-0.2, -0.15) is 23.7 Å². The van der Waals surface area contributed by atoms with Gasteiger partial charge >= 0.3 is 6.18 Å². The molecule has 0 saturated carbocycles. The van der Waals surface area contributed by atoms with Crippen LogP contribution in [-0.4, -0.2) is 29.1 Å². The molecule has 11 heteroatoms. The molecule has 8 nitrogen and oxygen atoms in total. The molecule has 94 heavy (non-hydrogen) atoms. The molecule has 6 aromatic heterocycles. The zero-order valence-electron chi connectivity index (χ0n) is 50.0. The number of hydrogen-bond acceptors (Lipinski definition) is 6. The summed E-state index contributed by atoms with van der Waals surface area (Å²) in [6, 6.07) is 92.7. The number of rotatable bonds is 11. The van der Waals surface area contributed by atoms with Crippen molar-refractivity contribution in [2.75, 3.05) is 0 Å². The predicted octanol–water partition coefficient (Wildman–Crippen LogP) is 21.2. The minimum Gasteiger partial charge on any atom is -0.308 e. The minimum atomic E-state index is -4.81. The molecule has 0 bridgehead atoms. The zero-order chi connectivity index (χ0) is 63.4. The predicted molar refractivity (Wildman–Crippen MR) is 370 cm³/mol. The summed E-state index contributed by atoms with van der Waals surface area (Å²) in [6.45, 7) is 0. The lowest BCUT2D eigenvalue weighted by atomic mass is 9.96. The highest BCUT2D eigenvalue weighted by atomic mass is 19.4. The van der Waals surface area contributed by atoms with E-state index in [0.717, 1.165) is 123 Å². The summed E-state index contributed by atoms with van der Waals surface area (Å²) in [5, 5.41) is 26.4. The Kier molecular flexibility index (Phi) is 13.9. The number of pyridine rings is 4. The van der Waals surface area contributed by atoms with Crippen molar-refractivity contribution in [3.05, 3.63) is 314 Å². The molecule has 16 aromatic rings. The zero-order valence-corrected chi connectivity index (χ0v) is 50.0. The van der Waals surface area contributed by atoms with E-state index in [1.54, 1.807) is 36.9 Å². The summed E-state index contributed by atoms with van der Waals surface area (Å²) >= 11 is 0. The Balaban J connectivity index is 1.05. The molecule has 6 heterocycles. The Labute approximate surface area is 538 Å². The smallest absolute Gasteiger partial charge is 0.308 e. The van der Waals surface area contributed by atoms with Crippen LogP contribution in [0, 0.1) is 22.7 Å². The normalized spacial score (nSPS) is 11.5. The number of nitrogens with zero attached hydrogens (tertiary/aromatic N) is 8. The molecule has 0 radical (unpaired) electrons. The first-order valence-corrected chi connectivity index (χ1v) is 30.6. The number of aromatic nitrogens is 6. The van der Waals surface area contributed by atoms with E-state index in [1.807, 2.05) is 176 Å². The molecule has 0 saturated heterocycles. The Morgan fingerprint density at radius 1 is 0.287 bits per heavy atom. The van der Waals surface area contributed by atoms with E-state index < -0.39 is 11.7 Å². The molecule has 10 aromatic carbocycles. The molecule has 0 spiro atoms. The van der Waals surface area contributed by atoms with Crippen LogP contribution in [0.1, 0.15) is 16.7 Å². The lowest BCUT2D eigenvalue weighted by Gasteiger charge is -2.20. The second kappa shape index (κ2) is 23.2. The molecule has 0 amide bonds. The third kappa shape index (κ3) is 9.89. The van der Waals surface area contributed by atoms with Gasteiger partial charge in [-0.3, -0.25) is 19.9 Å². The number of alkyl halides is 3. The number of fused-ring (bicyclic) bond motifs is 6. The molecule has 0 fully saturated rings. The van der Waals surface area contributed by atoms with Gasteiger partial charge in [0.15, 0.2) is 0 Å². The van der Waals surface area contributed by atoms with Crippen LogP contribution in [0.3, 0.4) is 0 Å². The average Bonchev–Trinajstić information content (AvgIpc) is 1.56. The standard InChI is InChI=1S/C83H49F3N8/c84-83(85,86)63-42-52(50-87)41-61(43-63)62-48-77(93-73-44-57(64-25-13-37-89-79(64)53-17-5-1-6-18-53)29-33-68(73)69-34-30-58(45-74(69)93)65-26-14-38-90-80(65)54-19-7-2-8-20-54)72(51-88)78(49-62)94-75-46-59(66-27-15-39-91-81(66)55-21-9-3-10-22-55)31-35-70(75)71-36-32-60(47-76(71)94)67-28-16-40-92-82(67)56-23-11-4-12-24-56/h1-49H. The van der Waals surface area contributed by atoms with Gasteiger partial charge in [0.05, 0.1) is 73.4 Å². The largest absolute Gasteiger partial charge is 0.416 e. The van der Waals surface area contributed by atoms with Gasteiger partial charge in [0.1, 0.15) is 11.6 Å². The summed E-state index contributed by atoms with van der Waals surface area (Å²) in [5.74, 6) is 0. The molecule has 0 unspecified atom stereocenters. The first-order chi connectivity index (χ1) is 46.2. The first-order valence-electron chi connectivity index (χ1n) is 30.6. The Bertz CT molecular complexity index is 5160. The van der Waals surface area contributed by atoms with E-state index in [4.69, 9.17) is 19.9 Å². The summed E-state index contributed by atoms with van der Waals surface area (Å²) in [7, 11) is 0. The maximum Gasteiger partial charge on any atom is 0.416 e. The highest BCUT2D eigenvalue weighted by molar-refractivity contribution is 6.14. The molecule has 0 aliphatic rings. The van der Waals surface area contributed by atoms with Crippen LogP contribution >= 0.6 is 0 Å². The lowest BCUT2D eigenvalue weighted by molar-refractivity contribution is -0.137. The monoisotopic (exact) mass is 1210 g/mol. The van der Waals surface area contributed by atoms with Crippen molar-refractivity contribution in [2.45, 2.75) is 6.18 Å². The Morgan fingerprint density at radius 2 is 0.596 bits per heavy atom. The Morgan fingerprint density at radius 3 is 0.883 bits per heavy atom. The average molecular weight is 1220 g/mol. The van der Waals surface area contributed by atoms with Crippen LogP contribution in [0.25, 0.3) is 156 Å². The van der Waals surface area contributed by atoms with Gasteiger partial charge in [-0.05, 0) is 112 Å². The van der Waals surface area contributed by atoms with E-state index in [-0.39, 0.29) is 16.7 Å². The number of hydrogen-bond donors (Lipinski definition) is 0. The van der Waals surface area contributed by atoms with Crippen LogP contribution in [0.4, 0.5) is 13.2 Å². The summed E-state index contributed by atoms with van der Waals surface area (Å²) in [4.78, 5) is 19.7. The molecule has 0 atom stereocenters. The van der Waals surface area contributed by atoms with Crippen molar-refractivity contribution in [1.82, 2.24) is 29.1 Å². The molecule has 16 rings (SSSR count). The van der Waals surface area contributed by atoms with Crippen molar-refractivity contribution in [1.29, 1.82) is 10.5 Å². The molecule has 0 N–H and O–H groups in total. The van der Waals surface area contributed by atoms with Gasteiger partial charge in [0, 0.05) is 90.8 Å². The van der Waals surface area contributed by atoms with E-state index in [9.17, 15) is 10.5 Å². The first kappa shape index (κ1) is 56.4. The fourth-order valence-electron chi connectivity index (χ4n) is 13.4. The van der Waals surface area contributed by atoms with Gasteiger partial charge < -0.3 is 9.13 Å².